The number of amides is 2. The number of hydrogen-bond acceptors (Lipinski definition) is 3. The van der Waals surface area contributed by atoms with Gasteiger partial charge in [-0.15, -0.1) is 0 Å². The summed E-state index contributed by atoms with van der Waals surface area (Å²) in [7, 11) is 1.89. The molecule has 0 aliphatic carbocycles. The highest BCUT2D eigenvalue weighted by Gasteiger charge is 2.27. The van der Waals surface area contributed by atoms with Crippen molar-refractivity contribution >= 4 is 11.8 Å². The Labute approximate surface area is 158 Å². The molecular formula is C20H25FN4O2. The van der Waals surface area contributed by atoms with Crippen LogP contribution in [0.2, 0.25) is 0 Å². The van der Waals surface area contributed by atoms with Crippen molar-refractivity contribution in [3.63, 3.8) is 0 Å². The fraction of sp³-hybridized carbons (Fsp3) is 0.450. The predicted molar refractivity (Wildman–Crippen MR) is 99.6 cm³/mol. The van der Waals surface area contributed by atoms with Gasteiger partial charge >= 0.3 is 0 Å². The van der Waals surface area contributed by atoms with E-state index < -0.39 is 0 Å². The van der Waals surface area contributed by atoms with E-state index in [-0.39, 0.29) is 23.5 Å². The SMILES string of the molecule is Cn1cc(CCCNC(=O)C2CCN(C(=O)c3ccc(F)cc3)CC2)cn1. The van der Waals surface area contributed by atoms with Gasteiger partial charge in [0.25, 0.3) is 5.91 Å². The molecule has 1 saturated heterocycles. The third-order valence-electron chi connectivity index (χ3n) is 4.94. The Morgan fingerprint density at radius 2 is 1.93 bits per heavy atom. The van der Waals surface area contributed by atoms with Crippen LogP contribution in [-0.2, 0) is 18.3 Å². The average Bonchev–Trinajstić information content (AvgIpc) is 3.10. The molecule has 144 valence electrons. The van der Waals surface area contributed by atoms with Gasteiger partial charge in [-0.2, -0.15) is 5.10 Å². The predicted octanol–water partition coefficient (Wildman–Crippen LogP) is 2.16. The number of piperidine rings is 1. The smallest absolute Gasteiger partial charge is 0.253 e. The fourth-order valence-electron chi connectivity index (χ4n) is 3.37. The number of aromatic nitrogens is 2. The van der Waals surface area contributed by atoms with E-state index in [9.17, 15) is 14.0 Å². The molecular weight excluding hydrogens is 347 g/mol. The van der Waals surface area contributed by atoms with Gasteiger partial charge in [-0.25, -0.2) is 4.39 Å². The van der Waals surface area contributed by atoms with Crippen molar-refractivity contribution in [2.45, 2.75) is 25.7 Å². The quantitative estimate of drug-likeness (QED) is 0.790. The molecule has 1 aromatic carbocycles. The Balaban J connectivity index is 1.38. The Bertz CT molecular complexity index is 780. The summed E-state index contributed by atoms with van der Waals surface area (Å²) in [6.07, 6.45) is 6.90. The van der Waals surface area contributed by atoms with E-state index in [0.29, 0.717) is 38.0 Å². The van der Waals surface area contributed by atoms with Gasteiger partial charge in [0.1, 0.15) is 5.82 Å². The van der Waals surface area contributed by atoms with E-state index in [4.69, 9.17) is 0 Å². The number of hydrogen-bond donors (Lipinski definition) is 1. The molecule has 0 bridgehead atoms. The number of carbonyl (C=O) groups is 2. The number of carbonyl (C=O) groups excluding carboxylic acids is 2. The highest BCUT2D eigenvalue weighted by atomic mass is 19.1. The van der Waals surface area contributed by atoms with Crippen molar-refractivity contribution < 1.29 is 14.0 Å². The second-order valence-corrected chi connectivity index (χ2v) is 6.99. The maximum absolute atomic E-state index is 13.0. The minimum Gasteiger partial charge on any atom is -0.356 e. The highest BCUT2D eigenvalue weighted by molar-refractivity contribution is 5.94. The Kier molecular flexibility index (Phi) is 6.21. The van der Waals surface area contributed by atoms with Crippen LogP contribution in [0.4, 0.5) is 4.39 Å². The van der Waals surface area contributed by atoms with Gasteiger partial charge < -0.3 is 10.2 Å². The second-order valence-electron chi connectivity index (χ2n) is 6.99. The minimum absolute atomic E-state index is 0.0549. The molecule has 6 nitrogen and oxygen atoms in total. The third-order valence-corrected chi connectivity index (χ3v) is 4.94. The topological polar surface area (TPSA) is 67.2 Å². The van der Waals surface area contributed by atoms with Crippen LogP contribution >= 0.6 is 0 Å². The van der Waals surface area contributed by atoms with E-state index in [1.54, 1.807) is 9.58 Å². The third kappa shape index (κ3) is 5.15. The van der Waals surface area contributed by atoms with Crippen molar-refractivity contribution in [1.29, 1.82) is 0 Å². The molecule has 7 heteroatoms. The molecule has 0 unspecified atom stereocenters. The molecule has 0 spiro atoms. The molecule has 1 aliphatic heterocycles. The number of aryl methyl sites for hydroxylation is 2. The minimum atomic E-state index is -0.356. The maximum atomic E-state index is 13.0. The van der Waals surface area contributed by atoms with Gasteiger partial charge in [-0.1, -0.05) is 0 Å². The van der Waals surface area contributed by atoms with Gasteiger partial charge in [0.2, 0.25) is 5.91 Å². The van der Waals surface area contributed by atoms with Crippen LogP contribution in [0, 0.1) is 11.7 Å². The van der Waals surface area contributed by atoms with Crippen molar-refractivity contribution in [2.24, 2.45) is 13.0 Å². The normalized spacial score (nSPS) is 15.0. The summed E-state index contributed by atoms with van der Waals surface area (Å²) in [5.41, 5.74) is 1.65. The number of halogens is 1. The number of rotatable bonds is 6. The first kappa shape index (κ1) is 19.1. The van der Waals surface area contributed by atoms with Crippen LogP contribution in [-0.4, -0.2) is 46.1 Å². The molecule has 3 rings (SSSR count). The molecule has 1 aliphatic rings. The summed E-state index contributed by atoms with van der Waals surface area (Å²) in [6, 6.07) is 5.58. The summed E-state index contributed by atoms with van der Waals surface area (Å²) in [6.45, 7) is 1.73. The molecule has 27 heavy (non-hydrogen) atoms. The van der Waals surface area contributed by atoms with Crippen molar-refractivity contribution in [1.82, 2.24) is 20.0 Å². The second kappa shape index (κ2) is 8.79. The summed E-state index contributed by atoms with van der Waals surface area (Å²) in [5, 5.41) is 7.13. The molecule has 0 saturated carbocycles. The Morgan fingerprint density at radius 1 is 1.22 bits per heavy atom. The van der Waals surface area contributed by atoms with Crippen molar-refractivity contribution in [3.05, 3.63) is 53.6 Å². The Hall–Kier alpha value is -2.70. The molecule has 2 aromatic rings. The van der Waals surface area contributed by atoms with Crippen molar-refractivity contribution in [2.75, 3.05) is 19.6 Å². The van der Waals surface area contributed by atoms with Gasteiger partial charge in [0, 0.05) is 44.4 Å². The zero-order valence-corrected chi connectivity index (χ0v) is 15.5. The van der Waals surface area contributed by atoms with E-state index >= 15 is 0 Å². The van der Waals surface area contributed by atoms with Crippen LogP contribution in [0.1, 0.15) is 35.2 Å². The number of nitrogens with zero attached hydrogens (tertiary/aromatic N) is 3. The number of nitrogens with one attached hydrogen (secondary N) is 1. The molecule has 2 heterocycles. The maximum Gasteiger partial charge on any atom is 0.253 e. The van der Waals surface area contributed by atoms with Crippen LogP contribution in [0.15, 0.2) is 36.7 Å². The summed E-state index contributed by atoms with van der Waals surface area (Å²) < 4.78 is 14.8. The van der Waals surface area contributed by atoms with Crippen LogP contribution in [0.5, 0.6) is 0 Å². The fourth-order valence-corrected chi connectivity index (χ4v) is 3.37. The van der Waals surface area contributed by atoms with Crippen molar-refractivity contribution in [3.8, 4) is 0 Å². The van der Waals surface area contributed by atoms with E-state index in [1.807, 2.05) is 19.4 Å². The van der Waals surface area contributed by atoms with Gasteiger partial charge in [-0.3, -0.25) is 14.3 Å². The summed E-state index contributed by atoms with van der Waals surface area (Å²) in [4.78, 5) is 26.5. The first-order valence-electron chi connectivity index (χ1n) is 9.33. The molecule has 2 amide bonds. The molecule has 1 N–H and O–H groups in total. The zero-order valence-electron chi connectivity index (χ0n) is 15.5. The van der Waals surface area contributed by atoms with Gasteiger partial charge in [0.05, 0.1) is 6.20 Å². The molecule has 1 fully saturated rings. The lowest BCUT2D eigenvalue weighted by molar-refractivity contribution is -0.126. The Morgan fingerprint density at radius 3 is 2.56 bits per heavy atom. The zero-order chi connectivity index (χ0) is 19.2. The van der Waals surface area contributed by atoms with E-state index in [1.165, 1.54) is 29.8 Å². The standard InChI is InChI=1S/C20H25FN4O2/c1-24-14-15(13-23-24)3-2-10-22-19(26)16-8-11-25(12-9-16)20(27)17-4-6-18(21)7-5-17/h4-7,13-14,16H,2-3,8-12H2,1H3,(H,22,26). The summed E-state index contributed by atoms with van der Waals surface area (Å²) in [5.74, 6) is -0.452. The number of likely N-dealkylation sites (tertiary alicyclic amines) is 1. The lowest BCUT2D eigenvalue weighted by atomic mass is 9.95. The highest BCUT2D eigenvalue weighted by Crippen LogP contribution is 2.19. The van der Waals surface area contributed by atoms with Crippen LogP contribution in [0.3, 0.4) is 0 Å². The number of benzene rings is 1. The first-order chi connectivity index (χ1) is 13.0. The van der Waals surface area contributed by atoms with E-state index in [0.717, 1.165) is 12.8 Å². The molecule has 0 radical (unpaired) electrons. The summed E-state index contributed by atoms with van der Waals surface area (Å²) >= 11 is 0. The lowest BCUT2D eigenvalue weighted by Gasteiger charge is -2.31. The van der Waals surface area contributed by atoms with Crippen LogP contribution < -0.4 is 5.32 Å². The van der Waals surface area contributed by atoms with Crippen LogP contribution in [0.25, 0.3) is 0 Å². The van der Waals surface area contributed by atoms with E-state index in [2.05, 4.69) is 10.4 Å². The molecule has 1 aromatic heterocycles. The average molecular weight is 372 g/mol. The first-order valence-corrected chi connectivity index (χ1v) is 9.33. The lowest BCUT2D eigenvalue weighted by Crippen LogP contribution is -2.43. The molecule has 0 atom stereocenters. The van der Waals surface area contributed by atoms with Gasteiger partial charge in [-0.05, 0) is 55.5 Å². The largest absolute Gasteiger partial charge is 0.356 e. The monoisotopic (exact) mass is 372 g/mol. The van der Waals surface area contributed by atoms with Gasteiger partial charge in [0.15, 0.2) is 0 Å².